The van der Waals surface area contributed by atoms with Crippen molar-refractivity contribution < 1.29 is 14.2 Å². The highest BCUT2D eigenvalue weighted by atomic mass is 79.9. The zero-order valence-corrected chi connectivity index (χ0v) is 12.2. The van der Waals surface area contributed by atoms with Crippen LogP contribution in [-0.2, 0) is 14.2 Å². The maximum absolute atomic E-state index is 11.8. The minimum Gasteiger partial charge on any atom is -0.382 e. The lowest BCUT2D eigenvalue weighted by Crippen LogP contribution is -2.32. The standard InChI is InChI=1S/C11H15BrN2O5/c1-17-5-8-7(18-2)3-9(19-8)14-4-6(12)10(15)13-11(14)16/h4,7-9H,3,5H2,1-2H3,(H,13,15,16)/t7-,8+,9+/m0/s1. The van der Waals surface area contributed by atoms with E-state index in [1.807, 2.05) is 0 Å². The first kappa shape index (κ1) is 14.4. The van der Waals surface area contributed by atoms with E-state index in [-0.39, 0.29) is 16.7 Å². The van der Waals surface area contributed by atoms with Gasteiger partial charge < -0.3 is 14.2 Å². The average molecular weight is 335 g/mol. The summed E-state index contributed by atoms with van der Waals surface area (Å²) in [5.41, 5.74) is -0.970. The van der Waals surface area contributed by atoms with E-state index in [0.717, 1.165) is 0 Å². The molecule has 0 bridgehead atoms. The van der Waals surface area contributed by atoms with E-state index in [9.17, 15) is 9.59 Å². The van der Waals surface area contributed by atoms with Crippen LogP contribution < -0.4 is 11.2 Å². The maximum Gasteiger partial charge on any atom is 0.330 e. The molecule has 0 aliphatic carbocycles. The second kappa shape index (κ2) is 6.00. The third-order valence-electron chi connectivity index (χ3n) is 3.05. The van der Waals surface area contributed by atoms with Crippen molar-refractivity contribution >= 4 is 15.9 Å². The Balaban J connectivity index is 2.27. The molecule has 0 saturated carbocycles. The van der Waals surface area contributed by atoms with Crippen LogP contribution in [0.25, 0.3) is 0 Å². The number of aromatic amines is 1. The first-order valence-corrected chi connectivity index (χ1v) is 6.54. The maximum atomic E-state index is 11.8. The molecule has 1 fully saturated rings. The van der Waals surface area contributed by atoms with E-state index in [1.54, 1.807) is 14.2 Å². The van der Waals surface area contributed by atoms with Gasteiger partial charge in [0, 0.05) is 26.8 Å². The predicted octanol–water partition coefficient (Wildman–Crippen LogP) is 0.248. The highest BCUT2D eigenvalue weighted by Crippen LogP contribution is 2.29. The van der Waals surface area contributed by atoms with Crippen LogP contribution in [0.3, 0.4) is 0 Å². The van der Waals surface area contributed by atoms with Gasteiger partial charge in [0.25, 0.3) is 5.56 Å². The summed E-state index contributed by atoms with van der Waals surface area (Å²) in [5.74, 6) is 0. The minimum absolute atomic E-state index is 0.150. The lowest BCUT2D eigenvalue weighted by molar-refractivity contribution is -0.0618. The molecule has 0 amide bonds. The molecule has 1 aliphatic heterocycles. The van der Waals surface area contributed by atoms with E-state index in [1.165, 1.54) is 10.8 Å². The predicted molar refractivity (Wildman–Crippen MR) is 70.2 cm³/mol. The Hall–Kier alpha value is -0.960. The fourth-order valence-corrected chi connectivity index (χ4v) is 2.43. The molecule has 1 saturated heterocycles. The number of halogens is 1. The molecule has 0 spiro atoms. The number of nitrogens with zero attached hydrogens (tertiary/aromatic N) is 1. The van der Waals surface area contributed by atoms with Crippen LogP contribution in [0.4, 0.5) is 0 Å². The molecule has 7 nitrogen and oxygen atoms in total. The minimum atomic E-state index is -0.508. The number of hydrogen-bond donors (Lipinski definition) is 1. The van der Waals surface area contributed by atoms with Crippen molar-refractivity contribution in [2.45, 2.75) is 24.9 Å². The summed E-state index contributed by atoms with van der Waals surface area (Å²) >= 11 is 3.09. The number of rotatable bonds is 4. The van der Waals surface area contributed by atoms with Gasteiger partial charge >= 0.3 is 5.69 Å². The summed E-state index contributed by atoms with van der Waals surface area (Å²) in [4.78, 5) is 25.3. The highest BCUT2D eigenvalue weighted by molar-refractivity contribution is 9.10. The van der Waals surface area contributed by atoms with Gasteiger partial charge in [0.15, 0.2) is 0 Å². The number of aromatic nitrogens is 2. The molecule has 0 unspecified atom stereocenters. The second-order valence-corrected chi connectivity index (χ2v) is 5.09. The van der Waals surface area contributed by atoms with Gasteiger partial charge in [-0.1, -0.05) is 0 Å². The van der Waals surface area contributed by atoms with Crippen molar-refractivity contribution in [2.24, 2.45) is 0 Å². The number of ether oxygens (including phenoxy) is 3. The molecule has 3 atom stereocenters. The topological polar surface area (TPSA) is 82.5 Å². The van der Waals surface area contributed by atoms with Gasteiger partial charge in [-0.15, -0.1) is 0 Å². The first-order valence-electron chi connectivity index (χ1n) is 5.75. The van der Waals surface area contributed by atoms with Crippen LogP contribution in [0.2, 0.25) is 0 Å². The van der Waals surface area contributed by atoms with E-state index in [2.05, 4.69) is 20.9 Å². The monoisotopic (exact) mass is 334 g/mol. The van der Waals surface area contributed by atoms with E-state index in [0.29, 0.717) is 13.0 Å². The molecule has 19 heavy (non-hydrogen) atoms. The lowest BCUT2D eigenvalue weighted by Gasteiger charge is -2.16. The van der Waals surface area contributed by atoms with Gasteiger partial charge in [0.05, 0.1) is 17.2 Å². The number of nitrogens with one attached hydrogen (secondary N) is 1. The number of hydrogen-bond acceptors (Lipinski definition) is 5. The Morgan fingerprint density at radius 1 is 1.53 bits per heavy atom. The van der Waals surface area contributed by atoms with Crippen LogP contribution >= 0.6 is 15.9 Å². The normalized spacial score (nSPS) is 26.8. The van der Waals surface area contributed by atoms with Gasteiger partial charge in [0.1, 0.15) is 12.3 Å². The molecule has 1 N–H and O–H groups in total. The molecule has 1 aromatic rings. The van der Waals surface area contributed by atoms with Crippen LogP contribution in [0.15, 0.2) is 20.3 Å². The Labute approximate surface area is 117 Å². The van der Waals surface area contributed by atoms with E-state index < -0.39 is 17.5 Å². The van der Waals surface area contributed by atoms with E-state index in [4.69, 9.17) is 14.2 Å². The van der Waals surface area contributed by atoms with Gasteiger partial charge in [-0.25, -0.2) is 4.79 Å². The smallest absolute Gasteiger partial charge is 0.330 e. The SMILES string of the molecule is COC[C@H]1O[C@@H](n2cc(Br)c(=O)[nH]c2=O)C[C@@H]1OC. The Morgan fingerprint density at radius 3 is 2.89 bits per heavy atom. The summed E-state index contributed by atoms with van der Waals surface area (Å²) in [7, 11) is 3.16. The summed E-state index contributed by atoms with van der Waals surface area (Å²) in [6.07, 6.45) is 1.07. The largest absolute Gasteiger partial charge is 0.382 e. The quantitative estimate of drug-likeness (QED) is 0.853. The van der Waals surface area contributed by atoms with Gasteiger partial charge in [-0.2, -0.15) is 0 Å². The second-order valence-electron chi connectivity index (χ2n) is 4.24. The Bertz CT molecular complexity index is 555. The van der Waals surface area contributed by atoms with Crippen LogP contribution in [0.5, 0.6) is 0 Å². The van der Waals surface area contributed by atoms with Crippen molar-refractivity contribution in [3.8, 4) is 0 Å². The van der Waals surface area contributed by atoms with E-state index >= 15 is 0 Å². The Kier molecular flexibility index (Phi) is 4.56. The summed E-state index contributed by atoms with van der Waals surface area (Å²) in [6, 6.07) is 0. The third-order valence-corrected chi connectivity index (χ3v) is 3.61. The molecule has 2 rings (SSSR count). The number of H-pyrrole nitrogens is 1. The molecule has 1 aromatic heterocycles. The lowest BCUT2D eigenvalue weighted by atomic mass is 10.2. The first-order chi connectivity index (χ1) is 9.06. The molecule has 0 radical (unpaired) electrons. The van der Waals surface area contributed by atoms with Crippen LogP contribution in [-0.4, -0.2) is 42.6 Å². The molecule has 8 heteroatoms. The van der Waals surface area contributed by atoms with Gasteiger partial charge in [-0.3, -0.25) is 14.3 Å². The molecule has 1 aliphatic rings. The molecule has 0 aromatic carbocycles. The van der Waals surface area contributed by atoms with Crippen molar-refractivity contribution in [3.63, 3.8) is 0 Å². The highest BCUT2D eigenvalue weighted by Gasteiger charge is 2.36. The summed E-state index contributed by atoms with van der Waals surface area (Å²) in [5, 5.41) is 0. The average Bonchev–Trinajstić information content (AvgIpc) is 2.77. The number of methoxy groups -OCH3 is 2. The fourth-order valence-electron chi connectivity index (χ4n) is 2.11. The fraction of sp³-hybridized carbons (Fsp3) is 0.636. The molecular formula is C11H15BrN2O5. The summed E-state index contributed by atoms with van der Waals surface area (Å²) < 4.78 is 17.7. The summed E-state index contributed by atoms with van der Waals surface area (Å²) in [6.45, 7) is 0.383. The van der Waals surface area contributed by atoms with Crippen LogP contribution in [0.1, 0.15) is 12.6 Å². The zero-order chi connectivity index (χ0) is 14.0. The Morgan fingerprint density at radius 2 is 2.26 bits per heavy atom. The van der Waals surface area contributed by atoms with Crippen molar-refractivity contribution in [2.75, 3.05) is 20.8 Å². The van der Waals surface area contributed by atoms with Crippen molar-refractivity contribution in [1.82, 2.24) is 9.55 Å². The van der Waals surface area contributed by atoms with Gasteiger partial charge in [0.2, 0.25) is 0 Å². The van der Waals surface area contributed by atoms with Crippen molar-refractivity contribution in [3.05, 3.63) is 31.5 Å². The third kappa shape index (κ3) is 2.97. The molecule has 2 heterocycles. The zero-order valence-electron chi connectivity index (χ0n) is 10.6. The van der Waals surface area contributed by atoms with Crippen molar-refractivity contribution in [1.29, 1.82) is 0 Å². The molecule has 106 valence electrons. The molecular weight excluding hydrogens is 320 g/mol. The van der Waals surface area contributed by atoms with Gasteiger partial charge in [-0.05, 0) is 15.9 Å². The van der Waals surface area contributed by atoms with Crippen LogP contribution in [0, 0.1) is 0 Å².